The van der Waals surface area contributed by atoms with Gasteiger partial charge in [-0.3, -0.25) is 0 Å². The lowest BCUT2D eigenvalue weighted by Crippen LogP contribution is -2.32. The van der Waals surface area contributed by atoms with Gasteiger partial charge >= 0.3 is 0 Å². The van der Waals surface area contributed by atoms with Crippen molar-refractivity contribution in [1.29, 1.82) is 0 Å². The molecule has 0 aromatic carbocycles. The third kappa shape index (κ3) is 4.78. The fourth-order valence-corrected chi connectivity index (χ4v) is 4.07. The van der Waals surface area contributed by atoms with Crippen LogP contribution in [0.25, 0.3) is 0 Å². The highest BCUT2D eigenvalue weighted by atomic mass is 16.5. The third-order valence-electron chi connectivity index (χ3n) is 5.68. The van der Waals surface area contributed by atoms with Gasteiger partial charge in [-0.15, -0.1) is 0 Å². The summed E-state index contributed by atoms with van der Waals surface area (Å²) >= 11 is 0. The monoisotopic (exact) mass is 367 g/mol. The smallest absolute Gasteiger partial charge is 0.217 e. The number of pyridine rings is 2. The number of hydrogen-bond acceptors (Lipinski definition) is 5. The summed E-state index contributed by atoms with van der Waals surface area (Å²) in [5.41, 5.74) is 2.44. The maximum Gasteiger partial charge on any atom is 0.217 e. The highest BCUT2D eigenvalue weighted by Gasteiger charge is 2.26. The fraction of sp³-hybridized carbons (Fsp3) is 0.545. The lowest BCUT2D eigenvalue weighted by molar-refractivity contribution is 0.0829. The minimum atomic E-state index is 0.252. The first-order chi connectivity index (χ1) is 13.3. The van der Waals surface area contributed by atoms with Crippen molar-refractivity contribution in [3.05, 3.63) is 47.8 Å². The molecule has 1 aliphatic carbocycles. The summed E-state index contributed by atoms with van der Waals surface area (Å²) in [6, 6.07) is 8.83. The van der Waals surface area contributed by atoms with Gasteiger partial charge in [-0.05, 0) is 69.1 Å². The van der Waals surface area contributed by atoms with Crippen LogP contribution in [-0.4, -0.2) is 35.3 Å². The summed E-state index contributed by atoms with van der Waals surface area (Å²) in [6.45, 7) is 3.73. The van der Waals surface area contributed by atoms with Crippen LogP contribution in [0, 0.1) is 6.92 Å². The van der Waals surface area contributed by atoms with Crippen LogP contribution in [0.3, 0.4) is 0 Å². The number of nitrogens with zero attached hydrogens (tertiary/aromatic N) is 2. The summed E-state index contributed by atoms with van der Waals surface area (Å²) < 4.78 is 11.9. The Morgan fingerprint density at radius 1 is 1.00 bits per heavy atom. The molecule has 1 saturated carbocycles. The van der Waals surface area contributed by atoms with Gasteiger partial charge in [0.2, 0.25) is 5.88 Å². The first kappa shape index (κ1) is 18.2. The van der Waals surface area contributed by atoms with Crippen LogP contribution in [0.1, 0.15) is 55.6 Å². The summed E-state index contributed by atoms with van der Waals surface area (Å²) in [5, 5.41) is 3.56. The summed E-state index contributed by atoms with van der Waals surface area (Å²) in [6.07, 6.45) is 10.4. The summed E-state index contributed by atoms with van der Waals surface area (Å²) in [5.74, 6) is 2.31. The van der Waals surface area contributed by atoms with Gasteiger partial charge < -0.3 is 14.8 Å². The molecule has 0 amide bonds. The van der Waals surface area contributed by atoms with Crippen molar-refractivity contribution in [3.8, 4) is 5.88 Å². The summed E-state index contributed by atoms with van der Waals surface area (Å²) in [7, 11) is 0. The molecule has 0 unspecified atom stereocenters. The van der Waals surface area contributed by atoms with Crippen LogP contribution in [-0.2, 0) is 4.74 Å². The third-order valence-corrected chi connectivity index (χ3v) is 5.68. The predicted octanol–water partition coefficient (Wildman–Crippen LogP) is 4.48. The van der Waals surface area contributed by atoms with Gasteiger partial charge in [0.05, 0.1) is 0 Å². The molecule has 0 bridgehead atoms. The molecule has 0 radical (unpaired) electrons. The Morgan fingerprint density at radius 3 is 2.56 bits per heavy atom. The summed E-state index contributed by atoms with van der Waals surface area (Å²) in [4.78, 5) is 9.01. The first-order valence-electron chi connectivity index (χ1n) is 10.2. The molecular weight excluding hydrogens is 338 g/mol. The second-order valence-corrected chi connectivity index (χ2v) is 7.74. The van der Waals surface area contributed by atoms with Crippen molar-refractivity contribution in [2.45, 2.75) is 63.5 Å². The average molecular weight is 367 g/mol. The first-order valence-corrected chi connectivity index (χ1v) is 10.2. The van der Waals surface area contributed by atoms with Crippen molar-refractivity contribution in [2.75, 3.05) is 18.5 Å². The highest BCUT2D eigenvalue weighted by molar-refractivity contribution is 5.36. The van der Waals surface area contributed by atoms with Gasteiger partial charge in [0.25, 0.3) is 0 Å². The van der Waals surface area contributed by atoms with Gasteiger partial charge in [-0.2, -0.15) is 0 Å². The Hall–Kier alpha value is -2.14. The van der Waals surface area contributed by atoms with E-state index in [2.05, 4.69) is 40.4 Å². The molecule has 1 aliphatic heterocycles. The molecule has 4 rings (SSSR count). The number of aryl methyl sites for hydroxylation is 1. The molecule has 5 heteroatoms. The predicted molar refractivity (Wildman–Crippen MR) is 106 cm³/mol. The van der Waals surface area contributed by atoms with E-state index in [0.717, 1.165) is 63.4 Å². The average Bonchev–Trinajstić information content (AvgIpc) is 2.72. The molecular formula is C22H29N3O2. The molecule has 1 N–H and O–H groups in total. The van der Waals surface area contributed by atoms with Crippen molar-refractivity contribution >= 4 is 5.82 Å². The quantitative estimate of drug-likeness (QED) is 0.844. The topological polar surface area (TPSA) is 56.3 Å². The van der Waals surface area contributed by atoms with Crippen LogP contribution in [0.5, 0.6) is 5.88 Å². The van der Waals surface area contributed by atoms with E-state index in [0.29, 0.717) is 12.0 Å². The molecule has 2 aromatic heterocycles. The number of ether oxygens (including phenoxy) is 2. The van der Waals surface area contributed by atoms with E-state index in [9.17, 15) is 0 Å². The van der Waals surface area contributed by atoms with E-state index in [1.165, 1.54) is 11.1 Å². The van der Waals surface area contributed by atoms with Crippen LogP contribution < -0.4 is 10.1 Å². The van der Waals surface area contributed by atoms with E-state index < -0.39 is 0 Å². The Bertz CT molecular complexity index is 721. The number of nitrogens with one attached hydrogen (secondary N) is 1. The largest absolute Gasteiger partial charge is 0.474 e. The lowest BCUT2D eigenvalue weighted by atomic mass is 9.91. The molecule has 0 spiro atoms. The molecule has 2 aromatic rings. The second-order valence-electron chi connectivity index (χ2n) is 7.74. The highest BCUT2D eigenvalue weighted by Crippen LogP contribution is 2.34. The number of anilines is 1. The maximum atomic E-state index is 6.36. The molecule has 1 saturated heterocycles. The standard InChI is InChI=1S/C22H29N3O2/c1-16-4-9-21(24-15-16)25-18-5-7-19(8-6-18)27-22-20(3-2-12-23-22)17-10-13-26-14-11-17/h2-4,9,12,15,17-19H,5-8,10-11,13-14H2,1H3,(H,24,25). The zero-order valence-corrected chi connectivity index (χ0v) is 16.1. The van der Waals surface area contributed by atoms with Gasteiger partial charge in [0.1, 0.15) is 11.9 Å². The number of aromatic nitrogens is 2. The zero-order valence-electron chi connectivity index (χ0n) is 16.1. The molecule has 2 aliphatic rings. The molecule has 5 nitrogen and oxygen atoms in total. The van der Waals surface area contributed by atoms with Gasteiger partial charge in [0.15, 0.2) is 0 Å². The van der Waals surface area contributed by atoms with Gasteiger partial charge in [0, 0.05) is 37.2 Å². The molecule has 3 heterocycles. The Morgan fingerprint density at radius 2 is 1.81 bits per heavy atom. The Kier molecular flexibility index (Phi) is 5.87. The number of hydrogen-bond donors (Lipinski definition) is 1. The van der Waals surface area contributed by atoms with E-state index >= 15 is 0 Å². The van der Waals surface area contributed by atoms with Crippen LogP contribution in [0.2, 0.25) is 0 Å². The SMILES string of the molecule is Cc1ccc(NC2CCC(Oc3ncccc3C3CCOCC3)CC2)nc1. The van der Waals surface area contributed by atoms with Crippen LogP contribution in [0.4, 0.5) is 5.82 Å². The number of rotatable bonds is 5. The van der Waals surface area contributed by atoms with Gasteiger partial charge in [-0.1, -0.05) is 12.1 Å². The van der Waals surface area contributed by atoms with Crippen molar-refractivity contribution in [3.63, 3.8) is 0 Å². The molecule has 144 valence electrons. The van der Waals surface area contributed by atoms with Crippen LogP contribution in [0.15, 0.2) is 36.7 Å². The van der Waals surface area contributed by atoms with E-state index in [1.807, 2.05) is 18.5 Å². The van der Waals surface area contributed by atoms with Gasteiger partial charge in [-0.25, -0.2) is 9.97 Å². The lowest BCUT2D eigenvalue weighted by Gasteiger charge is -2.31. The van der Waals surface area contributed by atoms with E-state index in [1.54, 1.807) is 0 Å². The molecule has 2 fully saturated rings. The molecule has 27 heavy (non-hydrogen) atoms. The van der Waals surface area contributed by atoms with Crippen molar-refractivity contribution in [1.82, 2.24) is 9.97 Å². The second kappa shape index (κ2) is 8.70. The van der Waals surface area contributed by atoms with E-state index in [4.69, 9.17) is 9.47 Å². The maximum absolute atomic E-state index is 6.36. The zero-order chi connectivity index (χ0) is 18.5. The minimum absolute atomic E-state index is 0.252. The Labute approximate surface area is 161 Å². The normalized spacial score (nSPS) is 23.7. The van der Waals surface area contributed by atoms with Crippen molar-refractivity contribution in [2.24, 2.45) is 0 Å². The minimum Gasteiger partial charge on any atom is -0.474 e. The molecule has 0 atom stereocenters. The Balaban J connectivity index is 1.32. The fourth-order valence-electron chi connectivity index (χ4n) is 4.07. The van der Waals surface area contributed by atoms with Crippen LogP contribution >= 0.6 is 0 Å². The van der Waals surface area contributed by atoms with E-state index in [-0.39, 0.29) is 6.10 Å². The van der Waals surface area contributed by atoms with Crippen molar-refractivity contribution < 1.29 is 9.47 Å².